The summed E-state index contributed by atoms with van der Waals surface area (Å²) in [7, 11) is 0. The van der Waals surface area contributed by atoms with Gasteiger partial charge in [0.2, 0.25) is 0 Å². The van der Waals surface area contributed by atoms with Crippen molar-refractivity contribution in [2.75, 3.05) is 0 Å². The molecule has 42 heavy (non-hydrogen) atoms. The summed E-state index contributed by atoms with van der Waals surface area (Å²) < 4.78 is 0. The van der Waals surface area contributed by atoms with Crippen LogP contribution in [0.2, 0.25) is 0 Å². The summed E-state index contributed by atoms with van der Waals surface area (Å²) in [6, 6.07) is 0. The number of allylic oxidation sites excluding steroid dienone is 4. The SMILES string of the molecule is CCCCCC=CCC1C(CCCCCCCCC(=O)O)C=CC(CCCCCC)C1CCCCCCCCC(=O)O. The Kier molecular flexibility index (Phi) is 24.7. The van der Waals surface area contributed by atoms with Crippen LogP contribution >= 0.6 is 0 Å². The van der Waals surface area contributed by atoms with Crippen molar-refractivity contribution in [2.24, 2.45) is 23.7 Å². The van der Waals surface area contributed by atoms with Gasteiger partial charge in [0.05, 0.1) is 0 Å². The molecule has 4 nitrogen and oxygen atoms in total. The molecule has 1 aliphatic rings. The molecule has 0 amide bonds. The van der Waals surface area contributed by atoms with Crippen LogP contribution in [0.1, 0.15) is 181 Å². The van der Waals surface area contributed by atoms with Gasteiger partial charge in [0.15, 0.2) is 0 Å². The Balaban J connectivity index is 2.74. The van der Waals surface area contributed by atoms with Gasteiger partial charge in [-0.05, 0) is 75.0 Å². The maximum atomic E-state index is 10.8. The predicted octanol–water partition coefficient (Wildman–Crippen LogP) is 11.9. The fourth-order valence-electron chi connectivity index (χ4n) is 7.02. The summed E-state index contributed by atoms with van der Waals surface area (Å²) in [5.74, 6) is 1.61. The molecule has 0 spiro atoms. The summed E-state index contributed by atoms with van der Waals surface area (Å²) in [6.45, 7) is 4.58. The summed E-state index contributed by atoms with van der Waals surface area (Å²) in [6.07, 6.45) is 40.2. The first-order valence-electron chi connectivity index (χ1n) is 18.3. The second-order valence-corrected chi connectivity index (χ2v) is 13.2. The Labute approximate surface area is 260 Å². The number of carboxylic acid groups (broad SMARTS) is 2. The van der Waals surface area contributed by atoms with Gasteiger partial charge in [-0.25, -0.2) is 0 Å². The number of rotatable bonds is 29. The minimum atomic E-state index is -0.668. The van der Waals surface area contributed by atoms with E-state index in [9.17, 15) is 9.59 Å². The molecule has 0 aliphatic heterocycles. The molecule has 0 aromatic rings. The highest BCUT2D eigenvalue weighted by atomic mass is 16.4. The van der Waals surface area contributed by atoms with Crippen LogP contribution in [0.25, 0.3) is 0 Å². The molecule has 4 atom stereocenters. The van der Waals surface area contributed by atoms with Crippen molar-refractivity contribution in [2.45, 2.75) is 181 Å². The van der Waals surface area contributed by atoms with Crippen LogP contribution < -0.4 is 0 Å². The zero-order chi connectivity index (χ0) is 30.7. The van der Waals surface area contributed by atoms with Gasteiger partial charge in [0, 0.05) is 12.8 Å². The number of hydrogen-bond donors (Lipinski definition) is 2. The van der Waals surface area contributed by atoms with Crippen LogP contribution in [0.3, 0.4) is 0 Å². The van der Waals surface area contributed by atoms with Gasteiger partial charge in [0.1, 0.15) is 0 Å². The summed E-state index contributed by atoms with van der Waals surface area (Å²) in [5, 5.41) is 17.7. The number of carboxylic acids is 2. The van der Waals surface area contributed by atoms with Gasteiger partial charge in [-0.15, -0.1) is 0 Å². The molecular formula is C38H68O4. The van der Waals surface area contributed by atoms with Gasteiger partial charge >= 0.3 is 11.9 Å². The standard InChI is InChI=1S/C38H68O4/c1-3-5-7-9-15-21-27-36-34(26-20-14-10-12-17-23-29-37(39)40)32-31-33(25-19-8-6-4-2)35(36)28-22-16-11-13-18-24-30-38(41)42/h15,21,31-36H,3-14,16-20,22-30H2,1-2H3,(H,39,40)(H,41,42). The van der Waals surface area contributed by atoms with Gasteiger partial charge in [-0.2, -0.15) is 0 Å². The number of carbonyl (C=O) groups is 2. The molecule has 0 fully saturated rings. The molecule has 0 saturated carbocycles. The Morgan fingerprint density at radius 2 is 0.952 bits per heavy atom. The zero-order valence-electron chi connectivity index (χ0n) is 27.7. The van der Waals surface area contributed by atoms with E-state index < -0.39 is 11.9 Å². The van der Waals surface area contributed by atoms with Crippen LogP contribution in [-0.2, 0) is 9.59 Å². The van der Waals surface area contributed by atoms with Crippen molar-refractivity contribution >= 4 is 11.9 Å². The third-order valence-corrected chi connectivity index (χ3v) is 9.55. The Hall–Kier alpha value is -1.58. The highest BCUT2D eigenvalue weighted by Crippen LogP contribution is 2.44. The lowest BCUT2D eigenvalue weighted by atomic mass is 9.65. The fraction of sp³-hybridized carbons (Fsp3) is 0.842. The lowest BCUT2D eigenvalue weighted by Crippen LogP contribution is -2.31. The Morgan fingerprint density at radius 1 is 0.524 bits per heavy atom. The molecule has 0 saturated heterocycles. The Bertz CT molecular complexity index is 712. The lowest BCUT2D eigenvalue weighted by molar-refractivity contribution is -0.138. The van der Waals surface area contributed by atoms with Crippen LogP contribution in [-0.4, -0.2) is 22.2 Å². The highest BCUT2D eigenvalue weighted by Gasteiger charge is 2.34. The third-order valence-electron chi connectivity index (χ3n) is 9.55. The number of unbranched alkanes of at least 4 members (excludes halogenated alkanes) is 16. The minimum Gasteiger partial charge on any atom is -0.481 e. The highest BCUT2D eigenvalue weighted by molar-refractivity contribution is 5.66. The second kappa shape index (κ2) is 27.0. The van der Waals surface area contributed by atoms with Crippen molar-refractivity contribution in [1.82, 2.24) is 0 Å². The molecular weight excluding hydrogens is 520 g/mol. The molecule has 1 aliphatic carbocycles. The first-order chi connectivity index (χ1) is 20.5. The molecule has 0 aromatic carbocycles. The van der Waals surface area contributed by atoms with E-state index in [-0.39, 0.29) is 0 Å². The van der Waals surface area contributed by atoms with Crippen molar-refractivity contribution in [3.05, 3.63) is 24.3 Å². The summed E-state index contributed by atoms with van der Waals surface area (Å²) in [5.41, 5.74) is 0. The van der Waals surface area contributed by atoms with E-state index in [1.54, 1.807) is 0 Å². The normalized spacial score (nSPS) is 20.4. The number of hydrogen-bond acceptors (Lipinski definition) is 2. The quantitative estimate of drug-likeness (QED) is 0.0673. The smallest absolute Gasteiger partial charge is 0.303 e. The van der Waals surface area contributed by atoms with E-state index in [1.165, 1.54) is 122 Å². The Morgan fingerprint density at radius 3 is 1.48 bits per heavy atom. The van der Waals surface area contributed by atoms with Crippen LogP contribution in [0.15, 0.2) is 24.3 Å². The second-order valence-electron chi connectivity index (χ2n) is 13.2. The molecule has 0 heterocycles. The third kappa shape index (κ3) is 20.3. The van der Waals surface area contributed by atoms with Crippen molar-refractivity contribution < 1.29 is 19.8 Å². The molecule has 244 valence electrons. The number of aliphatic carboxylic acids is 2. The molecule has 1 rings (SSSR count). The lowest BCUT2D eigenvalue weighted by Gasteiger charge is -2.40. The molecule has 0 radical (unpaired) electrons. The average molecular weight is 589 g/mol. The van der Waals surface area contributed by atoms with E-state index in [1.807, 2.05) is 0 Å². The topological polar surface area (TPSA) is 74.6 Å². The average Bonchev–Trinajstić information content (AvgIpc) is 2.96. The van der Waals surface area contributed by atoms with Crippen LogP contribution in [0.5, 0.6) is 0 Å². The molecule has 0 aromatic heterocycles. The maximum Gasteiger partial charge on any atom is 0.303 e. The first kappa shape index (κ1) is 38.4. The fourth-order valence-corrected chi connectivity index (χ4v) is 7.02. The van der Waals surface area contributed by atoms with E-state index in [0.29, 0.717) is 18.8 Å². The van der Waals surface area contributed by atoms with Gasteiger partial charge < -0.3 is 10.2 Å². The van der Waals surface area contributed by atoms with E-state index in [2.05, 4.69) is 38.2 Å². The monoisotopic (exact) mass is 589 g/mol. The van der Waals surface area contributed by atoms with Crippen molar-refractivity contribution in [3.8, 4) is 0 Å². The first-order valence-corrected chi connectivity index (χ1v) is 18.3. The van der Waals surface area contributed by atoms with Crippen molar-refractivity contribution in [3.63, 3.8) is 0 Å². The van der Waals surface area contributed by atoms with Gasteiger partial charge in [0.25, 0.3) is 0 Å². The molecule has 2 N–H and O–H groups in total. The molecule has 4 heteroatoms. The maximum absolute atomic E-state index is 10.8. The minimum absolute atomic E-state index is 0.312. The largest absolute Gasteiger partial charge is 0.481 e. The molecule has 0 bridgehead atoms. The van der Waals surface area contributed by atoms with Crippen molar-refractivity contribution in [1.29, 1.82) is 0 Å². The van der Waals surface area contributed by atoms with Gasteiger partial charge in [-0.3, -0.25) is 9.59 Å². The van der Waals surface area contributed by atoms with Crippen LogP contribution in [0.4, 0.5) is 0 Å². The van der Waals surface area contributed by atoms with Gasteiger partial charge in [-0.1, -0.05) is 141 Å². The predicted molar refractivity (Wildman–Crippen MR) is 179 cm³/mol. The van der Waals surface area contributed by atoms with E-state index in [0.717, 1.165) is 49.9 Å². The molecule has 4 unspecified atom stereocenters. The summed E-state index contributed by atoms with van der Waals surface area (Å²) in [4.78, 5) is 21.5. The van der Waals surface area contributed by atoms with E-state index >= 15 is 0 Å². The zero-order valence-corrected chi connectivity index (χ0v) is 27.7. The van der Waals surface area contributed by atoms with E-state index in [4.69, 9.17) is 10.2 Å². The van der Waals surface area contributed by atoms with Crippen LogP contribution in [0, 0.1) is 23.7 Å². The summed E-state index contributed by atoms with van der Waals surface area (Å²) >= 11 is 0.